The molecular formula is C12H15NO3. The van der Waals surface area contributed by atoms with Gasteiger partial charge in [0.25, 0.3) is 0 Å². The van der Waals surface area contributed by atoms with Crippen LogP contribution in [0.15, 0.2) is 30.9 Å². The topological polar surface area (TPSA) is 83.6 Å². The van der Waals surface area contributed by atoms with Crippen molar-refractivity contribution in [2.75, 3.05) is 0 Å². The Bertz CT molecular complexity index is 401. The number of aliphatic carboxylic acids is 1. The van der Waals surface area contributed by atoms with Crippen molar-refractivity contribution in [1.82, 2.24) is 0 Å². The Balaban J connectivity index is 2.85. The van der Waals surface area contributed by atoms with Gasteiger partial charge < -0.3 is 15.9 Å². The SMILES string of the molecule is C=CCc1cc(CC(N)C(=O)O)ccc1O. The van der Waals surface area contributed by atoms with Gasteiger partial charge in [0.1, 0.15) is 11.8 Å². The van der Waals surface area contributed by atoms with Gasteiger partial charge >= 0.3 is 5.97 Å². The first kappa shape index (κ1) is 12.3. The smallest absolute Gasteiger partial charge is 0.320 e. The standard InChI is InChI=1S/C12H15NO3/c1-2-3-9-6-8(4-5-11(9)14)7-10(13)12(15)16/h2,4-6,10,14H,1,3,7,13H2,(H,15,16). The maximum absolute atomic E-state index is 10.6. The number of hydrogen-bond donors (Lipinski definition) is 3. The molecule has 0 aromatic heterocycles. The second-order valence-electron chi connectivity index (χ2n) is 3.60. The van der Waals surface area contributed by atoms with Gasteiger partial charge in [-0.2, -0.15) is 0 Å². The normalized spacial score (nSPS) is 12.1. The minimum atomic E-state index is -1.03. The van der Waals surface area contributed by atoms with E-state index in [4.69, 9.17) is 10.8 Å². The van der Waals surface area contributed by atoms with Crippen LogP contribution in [-0.2, 0) is 17.6 Å². The third-order valence-corrected chi connectivity index (χ3v) is 2.28. The number of carbonyl (C=O) groups is 1. The Morgan fingerprint density at radius 1 is 1.56 bits per heavy atom. The molecule has 1 unspecified atom stereocenters. The summed E-state index contributed by atoms with van der Waals surface area (Å²) in [6.45, 7) is 3.59. The predicted octanol–water partition coefficient (Wildman–Crippen LogP) is 1.08. The minimum Gasteiger partial charge on any atom is -0.508 e. The van der Waals surface area contributed by atoms with Crippen LogP contribution in [0.4, 0.5) is 0 Å². The second-order valence-corrected chi connectivity index (χ2v) is 3.60. The van der Waals surface area contributed by atoms with E-state index in [0.717, 1.165) is 11.1 Å². The van der Waals surface area contributed by atoms with Crippen LogP contribution in [0.3, 0.4) is 0 Å². The van der Waals surface area contributed by atoms with Crippen molar-refractivity contribution in [2.24, 2.45) is 5.73 Å². The molecule has 0 aliphatic carbocycles. The average molecular weight is 221 g/mol. The highest BCUT2D eigenvalue weighted by atomic mass is 16.4. The van der Waals surface area contributed by atoms with Crippen LogP contribution in [0.1, 0.15) is 11.1 Å². The Kier molecular flexibility index (Phi) is 4.08. The van der Waals surface area contributed by atoms with Crippen LogP contribution >= 0.6 is 0 Å². The minimum absolute atomic E-state index is 0.188. The third kappa shape index (κ3) is 3.10. The molecule has 4 nitrogen and oxygen atoms in total. The number of nitrogens with two attached hydrogens (primary N) is 1. The molecule has 0 amide bonds. The van der Waals surface area contributed by atoms with E-state index in [2.05, 4.69) is 6.58 Å². The van der Waals surface area contributed by atoms with E-state index in [-0.39, 0.29) is 12.2 Å². The maximum atomic E-state index is 10.6. The zero-order valence-corrected chi connectivity index (χ0v) is 8.89. The summed E-state index contributed by atoms with van der Waals surface area (Å²) in [4.78, 5) is 10.6. The number of rotatable bonds is 5. The van der Waals surface area contributed by atoms with E-state index in [1.807, 2.05) is 0 Å². The molecule has 1 aromatic carbocycles. The van der Waals surface area contributed by atoms with Crippen molar-refractivity contribution >= 4 is 5.97 Å². The second kappa shape index (κ2) is 5.32. The molecule has 86 valence electrons. The number of hydrogen-bond acceptors (Lipinski definition) is 3. The Morgan fingerprint density at radius 3 is 2.81 bits per heavy atom. The highest BCUT2D eigenvalue weighted by Gasteiger charge is 2.12. The average Bonchev–Trinajstić information content (AvgIpc) is 2.23. The molecule has 0 aliphatic heterocycles. The highest BCUT2D eigenvalue weighted by Crippen LogP contribution is 2.20. The van der Waals surface area contributed by atoms with Crippen molar-refractivity contribution in [3.05, 3.63) is 42.0 Å². The van der Waals surface area contributed by atoms with E-state index in [0.29, 0.717) is 6.42 Å². The Hall–Kier alpha value is -1.81. The van der Waals surface area contributed by atoms with Crippen LogP contribution in [-0.4, -0.2) is 22.2 Å². The highest BCUT2D eigenvalue weighted by molar-refractivity contribution is 5.73. The number of phenols is 1. The first-order valence-electron chi connectivity index (χ1n) is 4.94. The Morgan fingerprint density at radius 2 is 2.25 bits per heavy atom. The number of phenolic OH excluding ortho intramolecular Hbond substituents is 1. The van der Waals surface area contributed by atoms with E-state index in [1.165, 1.54) is 0 Å². The summed E-state index contributed by atoms with van der Waals surface area (Å²) < 4.78 is 0. The first-order chi connectivity index (χ1) is 7.54. The summed E-state index contributed by atoms with van der Waals surface area (Å²) in [7, 11) is 0. The summed E-state index contributed by atoms with van der Waals surface area (Å²) >= 11 is 0. The predicted molar refractivity (Wildman–Crippen MR) is 61.3 cm³/mol. The van der Waals surface area contributed by atoms with Crippen molar-refractivity contribution in [3.63, 3.8) is 0 Å². The molecule has 0 bridgehead atoms. The van der Waals surface area contributed by atoms with Crippen LogP contribution < -0.4 is 5.73 Å². The molecule has 1 rings (SSSR count). The quantitative estimate of drug-likeness (QED) is 0.649. The van der Waals surface area contributed by atoms with Gasteiger partial charge in [0, 0.05) is 0 Å². The van der Waals surface area contributed by atoms with Gasteiger partial charge in [0.15, 0.2) is 0 Å². The van der Waals surface area contributed by atoms with Gasteiger partial charge in [-0.3, -0.25) is 4.79 Å². The van der Waals surface area contributed by atoms with Crippen LogP contribution in [0, 0.1) is 0 Å². The van der Waals surface area contributed by atoms with Gasteiger partial charge in [-0.1, -0.05) is 18.2 Å². The molecule has 0 heterocycles. The van der Waals surface area contributed by atoms with Crippen LogP contribution in [0.25, 0.3) is 0 Å². The molecule has 16 heavy (non-hydrogen) atoms. The number of allylic oxidation sites excluding steroid dienone is 1. The van der Waals surface area contributed by atoms with E-state index < -0.39 is 12.0 Å². The molecule has 0 fully saturated rings. The number of carboxylic acids is 1. The van der Waals surface area contributed by atoms with Crippen LogP contribution in [0.2, 0.25) is 0 Å². The van der Waals surface area contributed by atoms with Gasteiger partial charge in [-0.05, 0) is 30.0 Å². The van der Waals surface area contributed by atoms with Gasteiger partial charge in [-0.25, -0.2) is 0 Å². The molecule has 0 radical (unpaired) electrons. The van der Waals surface area contributed by atoms with E-state index >= 15 is 0 Å². The van der Waals surface area contributed by atoms with Gasteiger partial charge in [-0.15, -0.1) is 6.58 Å². The van der Waals surface area contributed by atoms with Crippen molar-refractivity contribution < 1.29 is 15.0 Å². The van der Waals surface area contributed by atoms with E-state index in [9.17, 15) is 9.90 Å². The van der Waals surface area contributed by atoms with Crippen molar-refractivity contribution in [3.8, 4) is 5.75 Å². The molecule has 4 heteroatoms. The van der Waals surface area contributed by atoms with Gasteiger partial charge in [0.2, 0.25) is 0 Å². The lowest BCUT2D eigenvalue weighted by atomic mass is 10.0. The summed E-state index contributed by atoms with van der Waals surface area (Å²) in [5, 5.41) is 18.2. The number of aromatic hydroxyl groups is 1. The van der Waals surface area contributed by atoms with Gasteiger partial charge in [0.05, 0.1) is 0 Å². The molecule has 0 saturated heterocycles. The van der Waals surface area contributed by atoms with Crippen LogP contribution in [0.5, 0.6) is 5.75 Å². The fraction of sp³-hybridized carbons (Fsp3) is 0.250. The molecule has 4 N–H and O–H groups in total. The summed E-state index contributed by atoms with van der Waals surface area (Å²) in [6.07, 6.45) is 2.47. The molecular weight excluding hydrogens is 206 g/mol. The zero-order valence-electron chi connectivity index (χ0n) is 8.89. The lowest BCUT2D eigenvalue weighted by Crippen LogP contribution is -2.32. The summed E-state index contributed by atoms with van der Waals surface area (Å²) in [5.41, 5.74) is 6.95. The third-order valence-electron chi connectivity index (χ3n) is 2.28. The zero-order chi connectivity index (χ0) is 12.1. The molecule has 0 aliphatic rings. The monoisotopic (exact) mass is 221 g/mol. The van der Waals surface area contributed by atoms with E-state index in [1.54, 1.807) is 24.3 Å². The van der Waals surface area contributed by atoms with Crippen molar-refractivity contribution in [1.29, 1.82) is 0 Å². The fourth-order valence-corrected chi connectivity index (χ4v) is 1.43. The maximum Gasteiger partial charge on any atom is 0.320 e. The van der Waals surface area contributed by atoms with Crippen molar-refractivity contribution in [2.45, 2.75) is 18.9 Å². The fourth-order valence-electron chi connectivity index (χ4n) is 1.43. The summed E-state index contributed by atoms with van der Waals surface area (Å²) in [6, 6.07) is 4.05. The number of carboxylic acid groups (broad SMARTS) is 1. The Labute approximate surface area is 94.0 Å². The molecule has 0 spiro atoms. The number of benzene rings is 1. The lowest BCUT2D eigenvalue weighted by molar-refractivity contribution is -0.138. The molecule has 0 saturated carbocycles. The largest absolute Gasteiger partial charge is 0.508 e. The summed E-state index contributed by atoms with van der Waals surface area (Å²) in [5.74, 6) is -0.842. The molecule has 1 atom stereocenters. The first-order valence-corrected chi connectivity index (χ1v) is 4.94. The molecule has 1 aromatic rings. The lowest BCUT2D eigenvalue weighted by Gasteiger charge is -2.09.